The normalized spacial score (nSPS) is 14.8. The highest BCUT2D eigenvalue weighted by atomic mass is 16.1. The van der Waals surface area contributed by atoms with Gasteiger partial charge in [-0.15, -0.1) is 0 Å². The molecule has 0 atom stereocenters. The number of fused-ring (bicyclic) bond motifs is 3. The van der Waals surface area contributed by atoms with Crippen molar-refractivity contribution in [2.24, 2.45) is 5.92 Å². The van der Waals surface area contributed by atoms with Gasteiger partial charge in [0.25, 0.3) is 0 Å². The predicted molar refractivity (Wildman–Crippen MR) is 136 cm³/mol. The van der Waals surface area contributed by atoms with E-state index in [1.807, 2.05) is 24.3 Å². The van der Waals surface area contributed by atoms with Gasteiger partial charge >= 0.3 is 0 Å². The van der Waals surface area contributed by atoms with Gasteiger partial charge in [0.1, 0.15) is 0 Å². The van der Waals surface area contributed by atoms with Crippen molar-refractivity contribution in [1.29, 1.82) is 0 Å². The Kier molecular flexibility index (Phi) is 6.72. The molecule has 1 aromatic carbocycles. The maximum absolute atomic E-state index is 12.7. The molecule has 34 heavy (non-hydrogen) atoms. The number of amides is 1. The molecule has 4 aromatic rings. The van der Waals surface area contributed by atoms with E-state index in [2.05, 4.69) is 68.1 Å². The predicted octanol–water partition coefficient (Wildman–Crippen LogP) is 3.74. The summed E-state index contributed by atoms with van der Waals surface area (Å²) in [6, 6.07) is 18.6. The van der Waals surface area contributed by atoms with Gasteiger partial charge < -0.3 is 19.5 Å². The van der Waals surface area contributed by atoms with E-state index in [1.165, 1.54) is 5.56 Å². The van der Waals surface area contributed by atoms with Crippen LogP contribution in [-0.2, 0) is 11.3 Å². The molecule has 0 bridgehead atoms. The van der Waals surface area contributed by atoms with E-state index in [0.29, 0.717) is 0 Å². The number of piperidine rings is 1. The molecule has 7 heteroatoms. The van der Waals surface area contributed by atoms with Gasteiger partial charge in [-0.1, -0.05) is 30.3 Å². The third-order valence-electron chi connectivity index (χ3n) is 6.69. The molecule has 5 rings (SSSR count). The molecule has 1 amide bonds. The number of rotatable bonds is 8. The number of nitrogens with one attached hydrogen (secondary N) is 1. The molecule has 0 aliphatic carbocycles. The second-order valence-electron chi connectivity index (χ2n) is 9.17. The summed E-state index contributed by atoms with van der Waals surface area (Å²) in [6.07, 6.45) is 6.48. The van der Waals surface area contributed by atoms with Crippen LogP contribution < -0.4 is 10.2 Å². The minimum atomic E-state index is 0.0692. The van der Waals surface area contributed by atoms with Crippen molar-refractivity contribution in [2.75, 3.05) is 38.1 Å². The van der Waals surface area contributed by atoms with Crippen LogP contribution in [0.1, 0.15) is 24.8 Å². The number of carbonyl (C=O) groups excluding carboxylic acids is 1. The highest BCUT2D eigenvalue weighted by Crippen LogP contribution is 2.28. The van der Waals surface area contributed by atoms with Crippen molar-refractivity contribution in [1.82, 2.24) is 24.6 Å². The first-order chi connectivity index (χ1) is 16.7. The molecule has 1 N–H and O–H groups in total. The Morgan fingerprint density at radius 3 is 2.68 bits per heavy atom. The molecular formula is C27H32N6O. The monoisotopic (exact) mass is 456 g/mol. The molecule has 0 spiro atoms. The van der Waals surface area contributed by atoms with Gasteiger partial charge in [0.2, 0.25) is 5.91 Å². The van der Waals surface area contributed by atoms with Gasteiger partial charge in [-0.2, -0.15) is 0 Å². The van der Waals surface area contributed by atoms with Crippen LogP contribution in [0.4, 0.5) is 5.82 Å². The van der Waals surface area contributed by atoms with Crippen LogP contribution >= 0.6 is 0 Å². The van der Waals surface area contributed by atoms with Crippen LogP contribution in [0.25, 0.3) is 16.7 Å². The Bertz CT molecular complexity index is 1250. The lowest BCUT2D eigenvalue weighted by Crippen LogP contribution is -2.41. The van der Waals surface area contributed by atoms with E-state index in [4.69, 9.17) is 4.98 Å². The number of hydrogen-bond acceptors (Lipinski definition) is 5. The molecule has 176 valence electrons. The lowest BCUT2D eigenvalue weighted by atomic mass is 9.96. The summed E-state index contributed by atoms with van der Waals surface area (Å²) in [5.41, 5.74) is 4.16. The summed E-state index contributed by atoms with van der Waals surface area (Å²) in [5, 5.41) is 3.16. The molecule has 0 saturated carbocycles. The number of anilines is 1. The van der Waals surface area contributed by atoms with Crippen molar-refractivity contribution in [2.45, 2.75) is 25.8 Å². The van der Waals surface area contributed by atoms with Gasteiger partial charge in [-0.25, -0.2) is 9.97 Å². The molecule has 3 aromatic heterocycles. The largest absolute Gasteiger partial charge is 0.356 e. The minimum absolute atomic E-state index is 0.0692. The molecule has 1 aliphatic rings. The smallest absolute Gasteiger partial charge is 0.223 e. The van der Waals surface area contributed by atoms with Crippen molar-refractivity contribution in [3.05, 3.63) is 72.6 Å². The standard InChI is InChI=1S/C27H32N6O/c1-31(20-21-8-3-2-4-9-21)16-7-15-29-27(34)22-12-18-32(19-13-22)26-24-11-6-17-33(24)23-10-5-14-28-25(23)30-26/h2-6,8-11,14,17,22H,7,12-13,15-16,18-20H2,1H3,(H,29,34). The number of pyridine rings is 1. The van der Waals surface area contributed by atoms with Gasteiger partial charge in [-0.05, 0) is 62.7 Å². The highest BCUT2D eigenvalue weighted by Gasteiger charge is 2.26. The third-order valence-corrected chi connectivity index (χ3v) is 6.69. The van der Waals surface area contributed by atoms with E-state index >= 15 is 0 Å². The van der Waals surface area contributed by atoms with E-state index in [9.17, 15) is 4.79 Å². The maximum Gasteiger partial charge on any atom is 0.223 e. The summed E-state index contributed by atoms with van der Waals surface area (Å²) >= 11 is 0. The van der Waals surface area contributed by atoms with Crippen molar-refractivity contribution >= 4 is 28.4 Å². The topological polar surface area (TPSA) is 65.8 Å². The molecule has 0 radical (unpaired) electrons. The van der Waals surface area contributed by atoms with Gasteiger partial charge in [-0.3, -0.25) is 4.79 Å². The van der Waals surface area contributed by atoms with Crippen LogP contribution in [0.2, 0.25) is 0 Å². The summed E-state index contributed by atoms with van der Waals surface area (Å²) < 4.78 is 2.15. The fraction of sp³-hybridized carbons (Fsp3) is 0.370. The number of aromatic nitrogens is 3. The molecule has 0 unspecified atom stereocenters. The molecule has 1 saturated heterocycles. The Balaban J connectivity index is 1.11. The van der Waals surface area contributed by atoms with Crippen LogP contribution in [0.15, 0.2) is 67.0 Å². The second-order valence-corrected chi connectivity index (χ2v) is 9.17. The van der Waals surface area contributed by atoms with Gasteiger partial charge in [0, 0.05) is 44.5 Å². The fourth-order valence-electron chi connectivity index (χ4n) is 4.86. The number of nitrogens with zero attached hydrogens (tertiary/aromatic N) is 5. The second kappa shape index (κ2) is 10.2. The molecule has 1 aliphatic heterocycles. The Labute approximate surface area is 200 Å². The van der Waals surface area contributed by atoms with E-state index in [0.717, 1.165) is 74.5 Å². The maximum atomic E-state index is 12.7. The summed E-state index contributed by atoms with van der Waals surface area (Å²) in [7, 11) is 2.13. The number of benzene rings is 1. The van der Waals surface area contributed by atoms with Crippen LogP contribution in [0.3, 0.4) is 0 Å². The van der Waals surface area contributed by atoms with Crippen molar-refractivity contribution in [3.8, 4) is 0 Å². The van der Waals surface area contributed by atoms with Crippen LogP contribution in [0, 0.1) is 5.92 Å². The van der Waals surface area contributed by atoms with Crippen molar-refractivity contribution < 1.29 is 4.79 Å². The van der Waals surface area contributed by atoms with Gasteiger partial charge in [0.15, 0.2) is 11.5 Å². The fourth-order valence-corrected chi connectivity index (χ4v) is 4.86. The van der Waals surface area contributed by atoms with E-state index in [-0.39, 0.29) is 11.8 Å². The van der Waals surface area contributed by atoms with Crippen LogP contribution in [-0.4, -0.2) is 58.4 Å². The molecular weight excluding hydrogens is 424 g/mol. The average molecular weight is 457 g/mol. The Morgan fingerprint density at radius 2 is 1.85 bits per heavy atom. The summed E-state index contributed by atoms with van der Waals surface area (Å²) in [4.78, 5) is 26.7. The first-order valence-electron chi connectivity index (χ1n) is 12.2. The van der Waals surface area contributed by atoms with Gasteiger partial charge in [0.05, 0.1) is 11.0 Å². The minimum Gasteiger partial charge on any atom is -0.356 e. The Hall–Kier alpha value is -3.45. The first kappa shape index (κ1) is 22.3. The molecule has 7 nitrogen and oxygen atoms in total. The van der Waals surface area contributed by atoms with E-state index in [1.54, 1.807) is 6.20 Å². The zero-order valence-corrected chi connectivity index (χ0v) is 19.7. The SMILES string of the molecule is CN(CCCNC(=O)C1CCN(c2nc3ncccc3n3cccc23)CC1)Cc1ccccc1. The Morgan fingerprint density at radius 1 is 1.06 bits per heavy atom. The third kappa shape index (κ3) is 4.89. The summed E-state index contributed by atoms with van der Waals surface area (Å²) in [5.74, 6) is 1.21. The zero-order valence-electron chi connectivity index (χ0n) is 19.7. The van der Waals surface area contributed by atoms with Crippen molar-refractivity contribution in [3.63, 3.8) is 0 Å². The quantitative estimate of drug-likeness (QED) is 0.409. The first-order valence-corrected chi connectivity index (χ1v) is 12.2. The lowest BCUT2D eigenvalue weighted by Gasteiger charge is -2.32. The summed E-state index contributed by atoms with van der Waals surface area (Å²) in [6.45, 7) is 4.26. The average Bonchev–Trinajstić information content (AvgIpc) is 3.37. The molecule has 4 heterocycles. The molecule has 1 fully saturated rings. The highest BCUT2D eigenvalue weighted by molar-refractivity contribution is 5.83. The van der Waals surface area contributed by atoms with Crippen LogP contribution in [0.5, 0.6) is 0 Å². The van der Waals surface area contributed by atoms with E-state index < -0.39 is 0 Å². The lowest BCUT2D eigenvalue weighted by molar-refractivity contribution is -0.125. The number of hydrogen-bond donors (Lipinski definition) is 1. The zero-order chi connectivity index (χ0) is 23.3. The number of carbonyl (C=O) groups is 1.